The Hall–Kier alpha value is -2.58. The summed E-state index contributed by atoms with van der Waals surface area (Å²) in [4.78, 5) is 15.9. The Morgan fingerprint density at radius 1 is 1.63 bits per heavy atom. The molecular weight excluding hydrogens is 249 g/mol. The molecule has 6 nitrogen and oxygen atoms in total. The molecule has 0 saturated carbocycles. The van der Waals surface area contributed by atoms with Crippen molar-refractivity contribution in [3.05, 3.63) is 40.0 Å². The van der Waals surface area contributed by atoms with Crippen molar-refractivity contribution in [3.63, 3.8) is 0 Å². The normalized spacial score (nSPS) is 18.0. The Balaban J connectivity index is 2.19. The highest BCUT2D eigenvalue weighted by atomic mass is 19.1. The molecule has 1 aliphatic heterocycles. The molecule has 1 saturated heterocycles. The second-order valence-electron chi connectivity index (χ2n) is 4.26. The summed E-state index contributed by atoms with van der Waals surface area (Å²) >= 11 is 0. The first kappa shape index (κ1) is 12.9. The molecule has 2 rings (SSSR count). The maximum Gasteiger partial charge on any atom is 0.227 e. The molecule has 1 aliphatic rings. The van der Waals surface area contributed by atoms with Gasteiger partial charge in [-0.2, -0.15) is 5.26 Å². The van der Waals surface area contributed by atoms with Crippen molar-refractivity contribution in [1.29, 1.82) is 5.26 Å². The van der Waals surface area contributed by atoms with E-state index in [2.05, 4.69) is 10.0 Å². The van der Waals surface area contributed by atoms with Crippen molar-refractivity contribution in [2.24, 2.45) is 11.0 Å². The van der Waals surface area contributed by atoms with E-state index in [4.69, 9.17) is 10.8 Å². The highest BCUT2D eigenvalue weighted by Gasteiger charge is 2.30. The molecule has 1 amide bonds. The molecular formula is C12H10FN5O. The Bertz CT molecular complexity index is 603. The van der Waals surface area contributed by atoms with E-state index in [9.17, 15) is 9.18 Å². The number of nitrogens with zero attached hydrogens (tertiary/aromatic N) is 5. The van der Waals surface area contributed by atoms with Gasteiger partial charge in [0.05, 0.1) is 5.56 Å². The van der Waals surface area contributed by atoms with Gasteiger partial charge in [0.15, 0.2) is 0 Å². The van der Waals surface area contributed by atoms with E-state index in [1.54, 1.807) is 6.07 Å². The Kier molecular flexibility index (Phi) is 3.64. The minimum atomic E-state index is -0.647. The van der Waals surface area contributed by atoms with E-state index in [1.807, 2.05) is 0 Å². The summed E-state index contributed by atoms with van der Waals surface area (Å²) < 4.78 is 13.5. The molecule has 96 valence electrons. The Labute approximate surface area is 108 Å². The minimum absolute atomic E-state index is 0.0536. The van der Waals surface area contributed by atoms with Gasteiger partial charge in [-0.25, -0.2) is 4.39 Å². The third-order valence-corrected chi connectivity index (χ3v) is 2.99. The van der Waals surface area contributed by atoms with E-state index < -0.39 is 5.82 Å². The van der Waals surface area contributed by atoms with Crippen LogP contribution in [-0.4, -0.2) is 19.0 Å². The third kappa shape index (κ3) is 2.64. The van der Waals surface area contributed by atoms with Crippen LogP contribution >= 0.6 is 0 Å². The summed E-state index contributed by atoms with van der Waals surface area (Å²) in [5.41, 5.74) is 8.62. The van der Waals surface area contributed by atoms with Crippen molar-refractivity contribution >= 4 is 11.6 Å². The van der Waals surface area contributed by atoms with Gasteiger partial charge in [0.2, 0.25) is 5.91 Å². The number of rotatable bonds is 3. The van der Waals surface area contributed by atoms with Crippen molar-refractivity contribution < 1.29 is 9.18 Å². The van der Waals surface area contributed by atoms with Crippen LogP contribution in [0.2, 0.25) is 0 Å². The highest BCUT2D eigenvalue weighted by molar-refractivity contribution is 5.95. The molecule has 1 aromatic carbocycles. The summed E-state index contributed by atoms with van der Waals surface area (Å²) in [6.45, 7) is 0.640. The van der Waals surface area contributed by atoms with Crippen molar-refractivity contribution in [1.82, 2.24) is 0 Å². The molecule has 0 spiro atoms. The number of azide groups is 1. The van der Waals surface area contributed by atoms with Crippen molar-refractivity contribution in [3.8, 4) is 6.07 Å². The lowest BCUT2D eigenvalue weighted by atomic mass is 10.1. The monoisotopic (exact) mass is 259 g/mol. The summed E-state index contributed by atoms with van der Waals surface area (Å²) in [5.74, 6) is -0.837. The first-order valence-corrected chi connectivity index (χ1v) is 5.66. The SMILES string of the molecule is N#Cc1ccc(N2CC(CN=[N+]=[N-])CC2=O)cc1F. The number of carbonyl (C=O) groups is 1. The second kappa shape index (κ2) is 5.38. The lowest BCUT2D eigenvalue weighted by Gasteiger charge is -2.16. The minimum Gasteiger partial charge on any atom is -0.312 e. The van der Waals surface area contributed by atoms with Gasteiger partial charge in [-0.3, -0.25) is 4.79 Å². The number of hydrogen-bond acceptors (Lipinski definition) is 3. The van der Waals surface area contributed by atoms with Gasteiger partial charge < -0.3 is 4.90 Å². The van der Waals surface area contributed by atoms with Crippen molar-refractivity contribution in [2.75, 3.05) is 18.0 Å². The number of hydrogen-bond donors (Lipinski definition) is 0. The quantitative estimate of drug-likeness (QED) is 0.473. The van der Waals surface area contributed by atoms with Gasteiger partial charge >= 0.3 is 0 Å². The van der Waals surface area contributed by atoms with Gasteiger partial charge in [0, 0.05) is 30.1 Å². The number of benzene rings is 1. The number of amides is 1. The Morgan fingerprint density at radius 2 is 2.42 bits per heavy atom. The molecule has 0 radical (unpaired) electrons. The molecule has 1 unspecified atom stereocenters. The van der Waals surface area contributed by atoms with Crippen LogP contribution in [0.4, 0.5) is 10.1 Å². The smallest absolute Gasteiger partial charge is 0.227 e. The standard InChI is InChI=1S/C12H10FN5O/c13-11-4-10(2-1-9(11)5-14)18-7-8(3-12(18)19)6-16-17-15/h1-2,4,8H,3,6-7H2. The molecule has 0 aliphatic carbocycles. The highest BCUT2D eigenvalue weighted by Crippen LogP contribution is 2.26. The van der Waals surface area contributed by atoms with Gasteiger partial charge in [-0.1, -0.05) is 5.11 Å². The van der Waals surface area contributed by atoms with Crippen LogP contribution in [0, 0.1) is 23.1 Å². The van der Waals surface area contributed by atoms with Gasteiger partial charge in [-0.15, -0.1) is 0 Å². The molecule has 1 aromatic rings. The van der Waals surface area contributed by atoms with Crippen molar-refractivity contribution in [2.45, 2.75) is 6.42 Å². The van der Waals surface area contributed by atoms with Crippen LogP contribution in [0.15, 0.2) is 23.3 Å². The molecule has 0 aromatic heterocycles. The maximum absolute atomic E-state index is 13.5. The molecule has 7 heteroatoms. The van der Waals surface area contributed by atoms with Crippen LogP contribution in [0.1, 0.15) is 12.0 Å². The maximum atomic E-state index is 13.5. The summed E-state index contributed by atoms with van der Waals surface area (Å²) in [6.07, 6.45) is 0.278. The second-order valence-corrected chi connectivity index (χ2v) is 4.26. The largest absolute Gasteiger partial charge is 0.312 e. The summed E-state index contributed by atoms with van der Waals surface area (Å²) in [6, 6.07) is 5.78. The molecule has 1 heterocycles. The fourth-order valence-electron chi connectivity index (χ4n) is 2.07. The number of nitriles is 1. The Morgan fingerprint density at radius 3 is 3.05 bits per heavy atom. The molecule has 1 atom stereocenters. The number of halogens is 1. The summed E-state index contributed by atoms with van der Waals surface area (Å²) in [5, 5.41) is 12.1. The van der Waals surface area contributed by atoms with Crippen LogP contribution in [0.5, 0.6) is 0 Å². The number of carbonyl (C=O) groups excluding carboxylic acids is 1. The molecule has 0 bridgehead atoms. The lowest BCUT2D eigenvalue weighted by Crippen LogP contribution is -2.24. The van der Waals surface area contributed by atoms with E-state index >= 15 is 0 Å². The fraction of sp³-hybridized carbons (Fsp3) is 0.333. The first-order valence-electron chi connectivity index (χ1n) is 5.66. The van der Waals surface area contributed by atoms with E-state index in [1.165, 1.54) is 23.1 Å². The van der Waals surface area contributed by atoms with Crippen LogP contribution in [0.3, 0.4) is 0 Å². The predicted octanol–water partition coefficient (Wildman–Crippen LogP) is 2.36. The topological polar surface area (TPSA) is 92.9 Å². The molecule has 1 fully saturated rings. The zero-order valence-corrected chi connectivity index (χ0v) is 9.95. The van der Waals surface area contributed by atoms with Crippen LogP contribution < -0.4 is 4.90 Å². The average Bonchev–Trinajstić information content (AvgIpc) is 2.77. The predicted molar refractivity (Wildman–Crippen MR) is 65.6 cm³/mol. The van der Waals surface area contributed by atoms with Gasteiger partial charge in [0.1, 0.15) is 11.9 Å². The fourth-order valence-corrected chi connectivity index (χ4v) is 2.07. The van der Waals surface area contributed by atoms with Crippen LogP contribution in [-0.2, 0) is 4.79 Å². The average molecular weight is 259 g/mol. The zero-order valence-electron chi connectivity index (χ0n) is 9.95. The molecule has 0 N–H and O–H groups in total. The van der Waals surface area contributed by atoms with E-state index in [-0.39, 0.29) is 30.4 Å². The first-order chi connectivity index (χ1) is 9.15. The van der Waals surface area contributed by atoms with E-state index in [0.29, 0.717) is 12.2 Å². The zero-order chi connectivity index (χ0) is 13.8. The lowest BCUT2D eigenvalue weighted by molar-refractivity contribution is -0.117. The van der Waals surface area contributed by atoms with Gasteiger partial charge in [0.25, 0.3) is 0 Å². The van der Waals surface area contributed by atoms with E-state index in [0.717, 1.165) is 0 Å². The number of anilines is 1. The van der Waals surface area contributed by atoms with Gasteiger partial charge in [-0.05, 0) is 29.6 Å². The third-order valence-electron chi connectivity index (χ3n) is 2.99. The molecule has 19 heavy (non-hydrogen) atoms. The summed E-state index contributed by atoms with van der Waals surface area (Å²) in [7, 11) is 0. The van der Waals surface area contributed by atoms with Crippen LogP contribution in [0.25, 0.3) is 10.4 Å².